The number of nitrogens with one attached hydrogen (secondary N) is 1. The molecule has 0 saturated carbocycles. The highest BCUT2D eigenvalue weighted by Gasteiger charge is 2.06. The van der Waals surface area contributed by atoms with E-state index < -0.39 is 0 Å². The number of anilines is 1. The van der Waals surface area contributed by atoms with E-state index in [2.05, 4.69) is 24.8 Å². The molecule has 1 N–H and O–H groups in total. The van der Waals surface area contributed by atoms with Gasteiger partial charge in [0.05, 0.1) is 11.7 Å². The molecule has 98 valence electrons. The monoisotopic (exact) mass is 293 g/mol. The van der Waals surface area contributed by atoms with Gasteiger partial charge in [-0.3, -0.25) is 0 Å². The van der Waals surface area contributed by atoms with Crippen LogP contribution in [0.3, 0.4) is 0 Å². The van der Waals surface area contributed by atoms with Crippen LogP contribution < -0.4 is 5.32 Å². The van der Waals surface area contributed by atoms with Gasteiger partial charge in [0.25, 0.3) is 0 Å². The molecule has 19 heavy (non-hydrogen) atoms. The van der Waals surface area contributed by atoms with Gasteiger partial charge in [-0.15, -0.1) is 11.3 Å². The zero-order valence-corrected chi connectivity index (χ0v) is 11.7. The lowest BCUT2D eigenvalue weighted by atomic mass is 10.3. The van der Waals surface area contributed by atoms with Crippen molar-refractivity contribution in [1.82, 2.24) is 19.5 Å². The highest BCUT2D eigenvalue weighted by atomic mass is 35.5. The average molecular weight is 294 g/mol. The summed E-state index contributed by atoms with van der Waals surface area (Å²) < 4.78 is 2.05. The third kappa shape index (κ3) is 2.85. The number of nitrogens with zero attached hydrogens (tertiary/aromatic N) is 4. The first-order chi connectivity index (χ1) is 9.33. The van der Waals surface area contributed by atoms with Crippen LogP contribution in [0.15, 0.2) is 30.2 Å². The maximum atomic E-state index is 5.91. The van der Waals surface area contributed by atoms with Crippen LogP contribution in [0.2, 0.25) is 5.28 Å². The molecular formula is C12H12ClN5S. The Hall–Kier alpha value is -1.66. The SMILES string of the molecule is Clc1nc(NCCCn2ccnc2)c2ccsc2n1. The summed E-state index contributed by atoms with van der Waals surface area (Å²) in [6.07, 6.45) is 6.55. The number of aryl methyl sites for hydroxylation is 1. The highest BCUT2D eigenvalue weighted by Crippen LogP contribution is 2.26. The number of imidazole rings is 1. The van der Waals surface area contributed by atoms with Crippen LogP contribution in [0, 0.1) is 0 Å². The van der Waals surface area contributed by atoms with Gasteiger partial charge in [-0.25, -0.2) is 15.0 Å². The van der Waals surface area contributed by atoms with Crippen molar-refractivity contribution in [3.63, 3.8) is 0 Å². The Morgan fingerprint density at radius 1 is 1.37 bits per heavy atom. The standard InChI is InChI=1S/C12H12ClN5S/c13-12-16-10(9-2-7-19-11(9)17-12)15-3-1-5-18-6-4-14-8-18/h2,4,6-8H,1,3,5H2,(H,15,16,17). The molecule has 3 heterocycles. The van der Waals surface area contributed by atoms with Crippen molar-refractivity contribution in [1.29, 1.82) is 0 Å². The summed E-state index contributed by atoms with van der Waals surface area (Å²) in [4.78, 5) is 13.3. The lowest BCUT2D eigenvalue weighted by Crippen LogP contribution is -2.07. The fourth-order valence-corrected chi connectivity index (χ4v) is 2.83. The fraction of sp³-hybridized carbons (Fsp3) is 0.250. The molecule has 0 unspecified atom stereocenters. The van der Waals surface area contributed by atoms with Gasteiger partial charge in [0.1, 0.15) is 10.6 Å². The maximum Gasteiger partial charge on any atom is 0.225 e. The third-order valence-corrected chi connectivity index (χ3v) is 3.72. The second-order valence-corrected chi connectivity index (χ2v) is 5.29. The van der Waals surface area contributed by atoms with E-state index in [4.69, 9.17) is 11.6 Å². The molecule has 0 atom stereocenters. The number of fused-ring (bicyclic) bond motifs is 1. The molecule has 3 aromatic heterocycles. The lowest BCUT2D eigenvalue weighted by molar-refractivity contribution is 0.660. The Labute approximate surface area is 119 Å². The summed E-state index contributed by atoms with van der Waals surface area (Å²) in [5.74, 6) is 0.807. The minimum absolute atomic E-state index is 0.284. The van der Waals surface area contributed by atoms with Gasteiger partial charge in [0.2, 0.25) is 5.28 Å². The molecule has 0 radical (unpaired) electrons. The topological polar surface area (TPSA) is 55.6 Å². The van der Waals surface area contributed by atoms with E-state index in [0.29, 0.717) is 0 Å². The number of thiophene rings is 1. The number of hydrogen-bond donors (Lipinski definition) is 1. The summed E-state index contributed by atoms with van der Waals surface area (Å²) >= 11 is 7.47. The van der Waals surface area contributed by atoms with Crippen LogP contribution in [-0.2, 0) is 6.54 Å². The smallest absolute Gasteiger partial charge is 0.225 e. The second-order valence-electron chi connectivity index (χ2n) is 4.06. The van der Waals surface area contributed by atoms with E-state index in [0.717, 1.165) is 35.5 Å². The molecule has 0 amide bonds. The van der Waals surface area contributed by atoms with Crippen LogP contribution in [0.4, 0.5) is 5.82 Å². The summed E-state index contributed by atoms with van der Waals surface area (Å²) in [5.41, 5.74) is 0. The van der Waals surface area contributed by atoms with Gasteiger partial charge in [0, 0.05) is 25.5 Å². The van der Waals surface area contributed by atoms with Crippen molar-refractivity contribution < 1.29 is 0 Å². The van der Waals surface area contributed by atoms with Gasteiger partial charge >= 0.3 is 0 Å². The highest BCUT2D eigenvalue weighted by molar-refractivity contribution is 7.16. The van der Waals surface area contributed by atoms with Crippen molar-refractivity contribution in [3.05, 3.63) is 35.5 Å². The quantitative estimate of drug-likeness (QED) is 0.580. The number of aromatic nitrogens is 4. The van der Waals surface area contributed by atoms with E-state index in [9.17, 15) is 0 Å². The first kappa shape index (κ1) is 12.4. The fourth-order valence-electron chi connectivity index (χ4n) is 1.85. The largest absolute Gasteiger partial charge is 0.369 e. The minimum Gasteiger partial charge on any atom is -0.369 e. The van der Waals surface area contributed by atoms with Crippen molar-refractivity contribution in [3.8, 4) is 0 Å². The lowest BCUT2D eigenvalue weighted by Gasteiger charge is -2.07. The third-order valence-electron chi connectivity index (χ3n) is 2.74. The first-order valence-corrected chi connectivity index (χ1v) is 7.19. The predicted octanol–water partition coefficient (Wildman–Crippen LogP) is 3.04. The molecular weight excluding hydrogens is 282 g/mol. The van der Waals surface area contributed by atoms with Crippen LogP contribution in [0.1, 0.15) is 6.42 Å². The average Bonchev–Trinajstić information content (AvgIpc) is 3.04. The van der Waals surface area contributed by atoms with Gasteiger partial charge in [-0.1, -0.05) is 0 Å². The Bertz CT molecular complexity index is 664. The Morgan fingerprint density at radius 3 is 3.16 bits per heavy atom. The normalized spacial score (nSPS) is 11.0. The van der Waals surface area contributed by atoms with Crippen LogP contribution in [0.25, 0.3) is 10.2 Å². The van der Waals surface area contributed by atoms with Crippen LogP contribution in [-0.4, -0.2) is 26.1 Å². The van der Waals surface area contributed by atoms with Crippen molar-refractivity contribution in [2.45, 2.75) is 13.0 Å². The first-order valence-electron chi connectivity index (χ1n) is 5.93. The summed E-state index contributed by atoms with van der Waals surface area (Å²) in [6.45, 7) is 1.76. The Kier molecular flexibility index (Phi) is 3.61. The maximum absolute atomic E-state index is 5.91. The van der Waals surface area contributed by atoms with Crippen molar-refractivity contribution in [2.75, 3.05) is 11.9 Å². The van der Waals surface area contributed by atoms with E-state index in [1.165, 1.54) is 0 Å². The summed E-state index contributed by atoms with van der Waals surface area (Å²) in [7, 11) is 0. The van der Waals surface area contributed by atoms with Gasteiger partial charge < -0.3 is 9.88 Å². The predicted molar refractivity (Wildman–Crippen MR) is 77.8 cm³/mol. The zero-order chi connectivity index (χ0) is 13.1. The molecule has 0 saturated heterocycles. The number of hydrogen-bond acceptors (Lipinski definition) is 5. The molecule has 0 fully saturated rings. The van der Waals surface area contributed by atoms with Gasteiger partial charge in [-0.05, 0) is 29.5 Å². The summed E-state index contributed by atoms with van der Waals surface area (Å²) in [6, 6.07) is 2.01. The van der Waals surface area contributed by atoms with Gasteiger partial charge in [0.15, 0.2) is 0 Å². The van der Waals surface area contributed by atoms with Crippen molar-refractivity contribution >= 4 is 39.0 Å². The molecule has 0 spiro atoms. The molecule has 0 aliphatic rings. The zero-order valence-electron chi connectivity index (χ0n) is 10.1. The molecule has 3 rings (SSSR count). The Balaban J connectivity index is 1.63. The Morgan fingerprint density at radius 2 is 2.32 bits per heavy atom. The van der Waals surface area contributed by atoms with Crippen LogP contribution >= 0.6 is 22.9 Å². The minimum atomic E-state index is 0.284. The second kappa shape index (κ2) is 5.54. The molecule has 0 aromatic carbocycles. The van der Waals surface area contributed by atoms with E-state index in [1.54, 1.807) is 17.5 Å². The van der Waals surface area contributed by atoms with E-state index in [-0.39, 0.29) is 5.28 Å². The van der Waals surface area contributed by atoms with Crippen LogP contribution in [0.5, 0.6) is 0 Å². The van der Waals surface area contributed by atoms with Crippen molar-refractivity contribution in [2.24, 2.45) is 0 Å². The van der Waals surface area contributed by atoms with E-state index >= 15 is 0 Å². The molecule has 3 aromatic rings. The molecule has 0 aliphatic heterocycles. The number of rotatable bonds is 5. The molecule has 7 heteroatoms. The molecule has 0 bridgehead atoms. The summed E-state index contributed by atoms with van der Waals surface area (Å²) in [5, 5.41) is 6.62. The number of halogens is 1. The molecule has 5 nitrogen and oxygen atoms in total. The van der Waals surface area contributed by atoms with Gasteiger partial charge in [-0.2, -0.15) is 0 Å². The molecule has 0 aliphatic carbocycles. The van der Waals surface area contributed by atoms with E-state index in [1.807, 2.05) is 24.0 Å².